The molecule has 17 heavy (non-hydrogen) atoms. The Labute approximate surface area is 104 Å². The van der Waals surface area contributed by atoms with E-state index in [2.05, 4.69) is 9.97 Å². The first-order valence-corrected chi connectivity index (χ1v) is 6.23. The van der Waals surface area contributed by atoms with Crippen LogP contribution in [0.4, 0.5) is 0 Å². The van der Waals surface area contributed by atoms with Crippen LogP contribution in [0.15, 0.2) is 42.9 Å². The molecule has 4 heteroatoms. The van der Waals surface area contributed by atoms with Crippen LogP contribution in [0.1, 0.15) is 21.6 Å². The normalized spacial score (nSPS) is 10.2. The third-order valence-electron chi connectivity index (χ3n) is 2.24. The minimum atomic E-state index is 0.00168. The summed E-state index contributed by atoms with van der Waals surface area (Å²) in [5.41, 5.74) is 2.65. The highest BCUT2D eigenvalue weighted by Crippen LogP contribution is 2.16. The highest BCUT2D eigenvalue weighted by atomic mass is 32.2. The van der Waals surface area contributed by atoms with Gasteiger partial charge in [0.25, 0.3) is 0 Å². The Bertz CT molecular complexity index is 497. The summed E-state index contributed by atoms with van der Waals surface area (Å²) in [6.45, 7) is 1.95. The molecule has 2 heterocycles. The monoisotopic (exact) mass is 244 g/mol. The average molecular weight is 244 g/mol. The second-order valence-electron chi connectivity index (χ2n) is 3.65. The van der Waals surface area contributed by atoms with Gasteiger partial charge in [0.1, 0.15) is 5.69 Å². The van der Waals surface area contributed by atoms with Gasteiger partial charge in [0.2, 0.25) is 5.12 Å². The van der Waals surface area contributed by atoms with Crippen molar-refractivity contribution in [1.29, 1.82) is 0 Å². The molecule has 2 rings (SSSR count). The molecule has 0 aliphatic carbocycles. The van der Waals surface area contributed by atoms with E-state index in [1.807, 2.05) is 25.1 Å². The first-order valence-electron chi connectivity index (χ1n) is 5.24. The molecule has 0 amide bonds. The van der Waals surface area contributed by atoms with Crippen molar-refractivity contribution in [2.24, 2.45) is 0 Å². The van der Waals surface area contributed by atoms with E-state index in [1.54, 1.807) is 24.7 Å². The predicted octanol–water partition coefficient (Wildman–Crippen LogP) is 2.86. The van der Waals surface area contributed by atoms with Crippen LogP contribution < -0.4 is 0 Å². The number of hydrogen-bond acceptors (Lipinski definition) is 4. The Balaban J connectivity index is 1.96. The highest BCUT2D eigenvalue weighted by molar-refractivity contribution is 8.13. The van der Waals surface area contributed by atoms with Gasteiger partial charge < -0.3 is 0 Å². The molecule has 86 valence electrons. The number of rotatable bonds is 3. The molecule has 0 fully saturated rings. The van der Waals surface area contributed by atoms with Crippen molar-refractivity contribution in [2.75, 3.05) is 0 Å². The minimum Gasteiger partial charge on any atom is -0.280 e. The first-order chi connectivity index (χ1) is 8.25. The Hall–Kier alpha value is -1.68. The van der Waals surface area contributed by atoms with E-state index in [0.717, 1.165) is 11.1 Å². The number of carbonyl (C=O) groups excluding carboxylic acids is 1. The summed E-state index contributed by atoms with van der Waals surface area (Å²) in [4.78, 5) is 19.9. The number of hydrogen-bond donors (Lipinski definition) is 0. The van der Waals surface area contributed by atoms with Crippen LogP contribution in [-0.2, 0) is 5.75 Å². The molecular weight excluding hydrogens is 232 g/mol. The lowest BCUT2D eigenvalue weighted by Crippen LogP contribution is -1.98. The van der Waals surface area contributed by atoms with Gasteiger partial charge in [-0.3, -0.25) is 14.8 Å². The van der Waals surface area contributed by atoms with Crippen molar-refractivity contribution in [1.82, 2.24) is 9.97 Å². The SMILES string of the molecule is Cc1ccc(C(=O)SCc2ccncc2)nc1. The summed E-state index contributed by atoms with van der Waals surface area (Å²) in [5, 5.41) is 0.00168. The van der Waals surface area contributed by atoms with Gasteiger partial charge in [-0.15, -0.1) is 0 Å². The smallest absolute Gasteiger partial charge is 0.238 e. The van der Waals surface area contributed by atoms with Gasteiger partial charge >= 0.3 is 0 Å². The van der Waals surface area contributed by atoms with Crippen molar-refractivity contribution < 1.29 is 4.79 Å². The zero-order chi connectivity index (χ0) is 12.1. The zero-order valence-corrected chi connectivity index (χ0v) is 10.3. The summed E-state index contributed by atoms with van der Waals surface area (Å²) >= 11 is 1.26. The van der Waals surface area contributed by atoms with Gasteiger partial charge in [0.15, 0.2) is 0 Å². The lowest BCUT2D eigenvalue weighted by molar-refractivity contribution is 0.108. The molecule has 0 saturated carbocycles. The molecule has 0 radical (unpaired) electrons. The Morgan fingerprint density at radius 3 is 2.65 bits per heavy atom. The Kier molecular flexibility index (Phi) is 3.88. The summed E-state index contributed by atoms with van der Waals surface area (Å²) in [6.07, 6.45) is 5.16. The lowest BCUT2D eigenvalue weighted by Gasteiger charge is -2.00. The van der Waals surface area contributed by atoms with Gasteiger partial charge in [-0.05, 0) is 36.2 Å². The average Bonchev–Trinajstić information content (AvgIpc) is 2.38. The van der Waals surface area contributed by atoms with E-state index >= 15 is 0 Å². The maximum atomic E-state index is 11.8. The van der Waals surface area contributed by atoms with Gasteiger partial charge in [-0.25, -0.2) is 0 Å². The maximum absolute atomic E-state index is 11.8. The third-order valence-corrected chi connectivity index (χ3v) is 3.19. The topological polar surface area (TPSA) is 42.9 Å². The van der Waals surface area contributed by atoms with E-state index in [1.165, 1.54) is 11.8 Å². The Morgan fingerprint density at radius 1 is 1.24 bits per heavy atom. The minimum absolute atomic E-state index is 0.00168. The van der Waals surface area contributed by atoms with E-state index < -0.39 is 0 Å². The molecule has 0 aliphatic heterocycles. The highest BCUT2D eigenvalue weighted by Gasteiger charge is 2.07. The quantitative estimate of drug-likeness (QED) is 0.832. The first kappa shape index (κ1) is 11.8. The van der Waals surface area contributed by atoms with Crippen LogP contribution >= 0.6 is 11.8 Å². The lowest BCUT2D eigenvalue weighted by atomic mass is 10.3. The van der Waals surface area contributed by atoms with E-state index in [4.69, 9.17) is 0 Å². The van der Waals surface area contributed by atoms with Crippen LogP contribution in [0.3, 0.4) is 0 Å². The molecule has 0 aliphatic rings. The van der Waals surface area contributed by atoms with Crippen molar-refractivity contribution in [3.8, 4) is 0 Å². The summed E-state index contributed by atoms with van der Waals surface area (Å²) < 4.78 is 0. The molecule has 0 atom stereocenters. The van der Waals surface area contributed by atoms with Crippen LogP contribution in [0.2, 0.25) is 0 Å². The fourth-order valence-electron chi connectivity index (χ4n) is 1.29. The molecule has 0 unspecified atom stereocenters. The molecule has 3 nitrogen and oxygen atoms in total. The molecule has 0 N–H and O–H groups in total. The van der Waals surface area contributed by atoms with Gasteiger partial charge in [0.05, 0.1) is 0 Å². The largest absolute Gasteiger partial charge is 0.280 e. The second kappa shape index (κ2) is 5.59. The number of pyridine rings is 2. The fourth-order valence-corrected chi connectivity index (χ4v) is 2.05. The molecule has 2 aromatic heterocycles. The van der Waals surface area contributed by atoms with Gasteiger partial charge in [-0.2, -0.15) is 0 Å². The molecular formula is C13H12N2OS. The molecule has 0 saturated heterocycles. The number of aromatic nitrogens is 2. The van der Waals surface area contributed by atoms with E-state index in [9.17, 15) is 4.79 Å². The number of thioether (sulfide) groups is 1. The van der Waals surface area contributed by atoms with Gasteiger partial charge in [-0.1, -0.05) is 17.8 Å². The van der Waals surface area contributed by atoms with Crippen LogP contribution in [0, 0.1) is 6.92 Å². The summed E-state index contributed by atoms with van der Waals surface area (Å²) in [6, 6.07) is 7.47. The maximum Gasteiger partial charge on any atom is 0.238 e. The molecule has 0 spiro atoms. The van der Waals surface area contributed by atoms with Crippen molar-refractivity contribution >= 4 is 16.9 Å². The molecule has 0 aromatic carbocycles. The van der Waals surface area contributed by atoms with Crippen molar-refractivity contribution in [2.45, 2.75) is 12.7 Å². The molecule has 2 aromatic rings. The molecule has 0 bridgehead atoms. The zero-order valence-electron chi connectivity index (χ0n) is 9.46. The fraction of sp³-hybridized carbons (Fsp3) is 0.154. The van der Waals surface area contributed by atoms with E-state index in [-0.39, 0.29) is 5.12 Å². The predicted molar refractivity (Wildman–Crippen MR) is 68.8 cm³/mol. The Morgan fingerprint density at radius 2 is 2.00 bits per heavy atom. The number of nitrogens with zero attached hydrogens (tertiary/aromatic N) is 2. The number of aryl methyl sites for hydroxylation is 1. The second-order valence-corrected chi connectivity index (χ2v) is 4.60. The third kappa shape index (κ3) is 3.39. The van der Waals surface area contributed by atoms with Crippen LogP contribution in [0.25, 0.3) is 0 Å². The van der Waals surface area contributed by atoms with Crippen LogP contribution in [0.5, 0.6) is 0 Å². The summed E-state index contributed by atoms with van der Waals surface area (Å²) in [7, 11) is 0. The number of carbonyl (C=O) groups is 1. The van der Waals surface area contributed by atoms with Crippen molar-refractivity contribution in [3.63, 3.8) is 0 Å². The van der Waals surface area contributed by atoms with Crippen LogP contribution in [-0.4, -0.2) is 15.1 Å². The van der Waals surface area contributed by atoms with E-state index in [0.29, 0.717) is 11.4 Å². The van der Waals surface area contributed by atoms with Gasteiger partial charge in [0, 0.05) is 24.3 Å². The summed E-state index contributed by atoms with van der Waals surface area (Å²) in [5.74, 6) is 0.650. The standard InChI is InChI=1S/C13H12N2OS/c1-10-2-3-12(15-8-10)13(16)17-9-11-4-6-14-7-5-11/h2-8H,9H2,1H3. The van der Waals surface area contributed by atoms with Crippen molar-refractivity contribution in [3.05, 3.63) is 59.7 Å².